The number of hydrogen-bond donors (Lipinski definition) is 0. The van der Waals surface area contributed by atoms with Crippen molar-refractivity contribution in [3.63, 3.8) is 0 Å². The number of hydrogen-bond acceptors (Lipinski definition) is 1. The molecule has 3 aromatic rings. The fraction of sp³-hybridized carbons (Fsp3) is 0.136. The fourth-order valence-corrected chi connectivity index (χ4v) is 5.25. The maximum Gasteiger partial charge on any atom is 0.310 e. The first kappa shape index (κ1) is 19.3. The van der Waals surface area contributed by atoms with E-state index in [0.717, 1.165) is 0 Å². The topological polar surface area (TPSA) is 17.1 Å². The molecule has 3 rings (SSSR count). The number of benzene rings is 3. The van der Waals surface area contributed by atoms with Gasteiger partial charge < -0.3 is 0 Å². The third-order valence-corrected chi connectivity index (χ3v) is 6.29. The van der Waals surface area contributed by atoms with E-state index in [9.17, 15) is 0 Å². The van der Waals surface area contributed by atoms with Crippen molar-refractivity contribution in [2.75, 3.05) is 0 Å². The third-order valence-electron chi connectivity index (χ3n) is 4.06. The highest BCUT2D eigenvalue weighted by molar-refractivity contribution is 7.72. The van der Waals surface area contributed by atoms with Gasteiger partial charge in [0.15, 0.2) is 18.2 Å². The SMILES string of the molecule is Cc1cc(C)c(C=[P+](c2ccccc2)c2ccccc2)c(C)c1.O=[PH2+]. The van der Waals surface area contributed by atoms with E-state index >= 15 is 0 Å². The Morgan fingerprint density at radius 1 is 0.720 bits per heavy atom. The molecule has 1 unspecified atom stereocenters. The second-order valence-electron chi connectivity index (χ2n) is 5.98. The van der Waals surface area contributed by atoms with Crippen LogP contribution in [0.4, 0.5) is 0 Å². The molecule has 0 bridgehead atoms. The molecule has 0 radical (unpaired) electrons. The zero-order chi connectivity index (χ0) is 18.2. The molecule has 0 aliphatic heterocycles. The molecule has 0 amide bonds. The van der Waals surface area contributed by atoms with Crippen LogP contribution in [-0.4, -0.2) is 5.80 Å². The highest BCUT2D eigenvalue weighted by Gasteiger charge is 2.19. The highest BCUT2D eigenvalue weighted by atomic mass is 31.1. The van der Waals surface area contributed by atoms with Crippen molar-refractivity contribution in [1.29, 1.82) is 0 Å². The average Bonchev–Trinajstić information content (AvgIpc) is 2.64. The Balaban J connectivity index is 0.00000109. The summed E-state index contributed by atoms with van der Waals surface area (Å²) in [5.74, 6) is 2.48. The van der Waals surface area contributed by atoms with Crippen LogP contribution in [-0.2, 0) is 4.57 Å². The van der Waals surface area contributed by atoms with Gasteiger partial charge >= 0.3 is 9.12 Å². The third kappa shape index (κ3) is 4.95. The zero-order valence-electron chi connectivity index (χ0n) is 14.9. The molecule has 0 fully saturated rings. The van der Waals surface area contributed by atoms with E-state index < -0.39 is 7.55 Å². The van der Waals surface area contributed by atoms with Crippen LogP contribution >= 0.6 is 16.7 Å². The lowest BCUT2D eigenvalue weighted by Crippen LogP contribution is -2.09. The lowest BCUT2D eigenvalue weighted by Gasteiger charge is -2.06. The summed E-state index contributed by atoms with van der Waals surface area (Å²) in [7, 11) is 0.672. The van der Waals surface area contributed by atoms with Gasteiger partial charge in [0.2, 0.25) is 0 Å². The van der Waals surface area contributed by atoms with E-state index in [0.29, 0.717) is 0 Å². The molecule has 0 aromatic heterocycles. The maximum atomic E-state index is 8.17. The molecular formula is C22H24OP2+2. The summed E-state index contributed by atoms with van der Waals surface area (Å²) in [4.78, 5) is 0. The van der Waals surface area contributed by atoms with Crippen LogP contribution < -0.4 is 10.6 Å². The van der Waals surface area contributed by atoms with E-state index in [1.807, 2.05) is 0 Å². The minimum atomic E-state index is -0.494. The van der Waals surface area contributed by atoms with Crippen molar-refractivity contribution >= 4 is 33.1 Å². The molecule has 3 heteroatoms. The highest BCUT2D eigenvalue weighted by Crippen LogP contribution is 2.25. The van der Waals surface area contributed by atoms with Crippen molar-refractivity contribution in [2.24, 2.45) is 0 Å². The van der Waals surface area contributed by atoms with Crippen molar-refractivity contribution in [2.45, 2.75) is 20.8 Å². The first-order valence-electron chi connectivity index (χ1n) is 8.21. The van der Waals surface area contributed by atoms with Crippen LogP contribution in [0.1, 0.15) is 22.3 Å². The van der Waals surface area contributed by atoms with Crippen molar-refractivity contribution < 1.29 is 4.57 Å². The Hall–Kier alpha value is -2.07. The van der Waals surface area contributed by atoms with Gasteiger partial charge in [-0.2, -0.15) is 0 Å². The van der Waals surface area contributed by atoms with E-state index in [4.69, 9.17) is 4.57 Å². The van der Waals surface area contributed by atoms with Crippen molar-refractivity contribution in [3.8, 4) is 0 Å². The van der Waals surface area contributed by atoms with Gasteiger partial charge in [0.05, 0.1) is 0 Å². The van der Waals surface area contributed by atoms with Crippen molar-refractivity contribution in [3.05, 3.63) is 95.1 Å². The molecular weight excluding hydrogens is 342 g/mol. The molecule has 0 spiro atoms. The zero-order valence-corrected chi connectivity index (χ0v) is 17.0. The quantitative estimate of drug-likeness (QED) is 0.589. The Bertz CT molecular complexity index is 791. The summed E-state index contributed by atoms with van der Waals surface area (Å²) < 4.78 is 8.17. The molecule has 1 atom stereocenters. The van der Waals surface area contributed by atoms with Gasteiger partial charge in [-0.3, -0.25) is 0 Å². The molecule has 3 aromatic carbocycles. The standard InChI is InChI=1S/C22H22P.H2OP/c1-17-14-18(2)22(19(3)15-17)16-23(20-10-6-4-7-11-20)21-12-8-5-9-13-21;1-2/h4-16H,1-3H3;2H2/q2*+1. The van der Waals surface area contributed by atoms with E-state index in [1.165, 1.54) is 42.0 Å². The number of rotatable bonds is 3. The molecule has 0 aliphatic rings. The minimum Gasteiger partial charge on any atom is -0.0801 e. The van der Waals surface area contributed by atoms with E-state index in [-0.39, 0.29) is 0 Å². The van der Waals surface area contributed by atoms with Crippen molar-refractivity contribution in [1.82, 2.24) is 0 Å². The molecule has 0 aliphatic carbocycles. The fourth-order valence-electron chi connectivity index (χ4n) is 3.00. The predicted molar refractivity (Wildman–Crippen MR) is 115 cm³/mol. The first-order valence-corrected chi connectivity index (χ1v) is 10.1. The molecule has 0 heterocycles. The van der Waals surface area contributed by atoms with Crippen LogP contribution in [0.25, 0.3) is 0 Å². The Labute approximate surface area is 153 Å². The summed E-state index contributed by atoms with van der Waals surface area (Å²) in [6.45, 7) is 6.60. The van der Waals surface area contributed by atoms with Gasteiger partial charge in [-0.1, -0.05) is 58.7 Å². The normalized spacial score (nSPS) is 9.72. The largest absolute Gasteiger partial charge is 0.310 e. The van der Waals surface area contributed by atoms with Gasteiger partial charge in [0.25, 0.3) is 0 Å². The number of aryl methyl sites for hydroxylation is 3. The van der Waals surface area contributed by atoms with Crippen LogP contribution in [0, 0.1) is 20.8 Å². The van der Waals surface area contributed by atoms with Gasteiger partial charge in [-0.05, 0) is 56.2 Å². The molecule has 0 saturated carbocycles. The molecule has 0 N–H and O–H groups in total. The molecule has 1 nitrogen and oxygen atoms in total. The van der Waals surface area contributed by atoms with E-state index in [1.54, 1.807) is 0 Å². The lowest BCUT2D eigenvalue weighted by atomic mass is 10.0. The predicted octanol–water partition coefficient (Wildman–Crippen LogP) is 5.10. The Morgan fingerprint density at radius 3 is 1.52 bits per heavy atom. The first-order chi connectivity index (χ1) is 12.1. The smallest absolute Gasteiger partial charge is 0.0801 e. The van der Waals surface area contributed by atoms with Gasteiger partial charge in [-0.15, -0.1) is 0 Å². The van der Waals surface area contributed by atoms with Gasteiger partial charge in [0.1, 0.15) is 5.80 Å². The minimum absolute atomic E-state index is 0.494. The monoisotopic (exact) mass is 366 g/mol. The van der Waals surface area contributed by atoms with Crippen LogP contribution in [0.3, 0.4) is 0 Å². The molecule has 25 heavy (non-hydrogen) atoms. The summed E-state index contributed by atoms with van der Waals surface area (Å²) in [5.41, 5.74) is 5.44. The summed E-state index contributed by atoms with van der Waals surface area (Å²) in [5, 5.41) is 2.79. The summed E-state index contributed by atoms with van der Waals surface area (Å²) >= 11 is 0. The van der Waals surface area contributed by atoms with Gasteiger partial charge in [0, 0.05) is 5.56 Å². The maximum absolute atomic E-state index is 8.17. The molecule has 0 saturated heterocycles. The van der Waals surface area contributed by atoms with E-state index in [2.05, 4.69) is 99.4 Å². The molecule has 126 valence electrons. The van der Waals surface area contributed by atoms with Crippen LogP contribution in [0.2, 0.25) is 0 Å². The second kappa shape index (κ2) is 9.42. The average molecular weight is 366 g/mol. The van der Waals surface area contributed by atoms with Gasteiger partial charge in [-0.25, -0.2) is 0 Å². The Kier molecular flexibility index (Phi) is 7.26. The summed E-state index contributed by atoms with van der Waals surface area (Å²) in [6.07, 6.45) is 0. The summed E-state index contributed by atoms with van der Waals surface area (Å²) in [6, 6.07) is 26.3. The van der Waals surface area contributed by atoms with Crippen LogP contribution in [0.15, 0.2) is 72.8 Å². The Morgan fingerprint density at radius 2 is 1.12 bits per heavy atom. The van der Waals surface area contributed by atoms with Crippen LogP contribution in [0.5, 0.6) is 0 Å². The second-order valence-corrected chi connectivity index (χ2v) is 8.01. The lowest BCUT2D eigenvalue weighted by molar-refractivity contribution is 0.607.